The fourth-order valence-electron chi connectivity index (χ4n) is 1.68. The number of hydrogen-bond donors (Lipinski definition) is 3. The first kappa shape index (κ1) is 17.0. The molecule has 1 aromatic carbocycles. The smallest absolute Gasteiger partial charge is 0.337 e. The molecule has 0 radical (unpaired) electrons. The van der Waals surface area contributed by atoms with E-state index in [4.69, 9.17) is 26.9 Å². The van der Waals surface area contributed by atoms with E-state index in [0.717, 1.165) is 0 Å². The van der Waals surface area contributed by atoms with E-state index >= 15 is 0 Å². The van der Waals surface area contributed by atoms with Crippen molar-refractivity contribution in [2.45, 2.75) is 0 Å². The van der Waals surface area contributed by atoms with Gasteiger partial charge in [-0.3, -0.25) is 0 Å². The SMILES string of the molecule is NC(=N/N=C\c1ccc(-c2ccc(Cl)c(C(=O)O)c2)o1)N[N+](=O)[O-]. The zero-order valence-corrected chi connectivity index (χ0v) is 12.6. The number of nitrogens with zero attached hydrogens (tertiary/aromatic N) is 3. The van der Waals surface area contributed by atoms with Gasteiger partial charge in [0.15, 0.2) is 5.03 Å². The molecule has 1 heterocycles. The number of hydrazine groups is 1. The normalized spacial score (nSPS) is 11.6. The van der Waals surface area contributed by atoms with Crippen LogP contribution in [-0.4, -0.2) is 28.3 Å². The van der Waals surface area contributed by atoms with E-state index in [2.05, 4.69) is 10.2 Å². The van der Waals surface area contributed by atoms with E-state index in [1.54, 1.807) is 23.6 Å². The van der Waals surface area contributed by atoms with Crippen LogP contribution in [0.2, 0.25) is 5.02 Å². The summed E-state index contributed by atoms with van der Waals surface area (Å²) in [6, 6.07) is 7.58. The number of halogens is 1. The van der Waals surface area contributed by atoms with Crippen LogP contribution in [0.1, 0.15) is 16.1 Å². The van der Waals surface area contributed by atoms with Gasteiger partial charge in [-0.25, -0.2) is 14.9 Å². The quantitative estimate of drug-likeness (QED) is 0.320. The molecule has 0 unspecified atom stereocenters. The Morgan fingerprint density at radius 2 is 2.17 bits per heavy atom. The maximum Gasteiger partial charge on any atom is 0.337 e. The maximum atomic E-state index is 11.1. The van der Waals surface area contributed by atoms with Crippen LogP contribution >= 0.6 is 11.6 Å². The summed E-state index contributed by atoms with van der Waals surface area (Å²) < 4.78 is 5.46. The third-order valence-electron chi connectivity index (χ3n) is 2.66. The number of nitro groups is 1. The van der Waals surface area contributed by atoms with Crippen LogP contribution in [0.3, 0.4) is 0 Å². The molecule has 0 aliphatic heterocycles. The van der Waals surface area contributed by atoms with Crippen LogP contribution in [0, 0.1) is 10.1 Å². The van der Waals surface area contributed by atoms with Gasteiger partial charge in [0, 0.05) is 5.56 Å². The first-order valence-electron chi connectivity index (χ1n) is 6.27. The Labute approximate surface area is 139 Å². The van der Waals surface area contributed by atoms with E-state index in [1.807, 2.05) is 0 Å². The lowest BCUT2D eigenvalue weighted by atomic mass is 10.1. The van der Waals surface area contributed by atoms with Crippen LogP contribution < -0.4 is 11.2 Å². The van der Waals surface area contributed by atoms with Gasteiger partial charge in [-0.15, -0.1) is 5.10 Å². The third-order valence-corrected chi connectivity index (χ3v) is 2.99. The van der Waals surface area contributed by atoms with E-state index in [0.29, 0.717) is 11.3 Å². The largest absolute Gasteiger partial charge is 0.478 e. The minimum Gasteiger partial charge on any atom is -0.478 e. The molecule has 0 saturated carbocycles. The second kappa shape index (κ2) is 7.24. The highest BCUT2D eigenvalue weighted by molar-refractivity contribution is 6.33. The second-order valence-corrected chi connectivity index (χ2v) is 4.71. The summed E-state index contributed by atoms with van der Waals surface area (Å²) in [7, 11) is 0. The molecular formula is C13H10ClN5O5. The minimum atomic E-state index is -1.15. The zero-order valence-electron chi connectivity index (χ0n) is 11.8. The van der Waals surface area contributed by atoms with Crippen LogP contribution in [0.25, 0.3) is 11.3 Å². The molecule has 1 aromatic heterocycles. The summed E-state index contributed by atoms with van der Waals surface area (Å²) >= 11 is 5.80. The molecule has 2 aromatic rings. The molecule has 0 atom stereocenters. The Morgan fingerprint density at radius 1 is 1.42 bits per heavy atom. The zero-order chi connectivity index (χ0) is 17.7. The Kier molecular flexibility index (Phi) is 5.12. The van der Waals surface area contributed by atoms with Gasteiger partial charge in [-0.05, 0) is 30.3 Å². The maximum absolute atomic E-state index is 11.1. The average Bonchev–Trinajstić information content (AvgIpc) is 2.95. The molecule has 0 bridgehead atoms. The van der Waals surface area contributed by atoms with E-state index in [1.165, 1.54) is 18.3 Å². The Bertz CT molecular complexity index is 845. The van der Waals surface area contributed by atoms with E-state index < -0.39 is 17.0 Å². The number of carboxylic acids is 1. The lowest BCUT2D eigenvalue weighted by Crippen LogP contribution is -2.35. The van der Waals surface area contributed by atoms with Crippen LogP contribution in [0.15, 0.2) is 45.0 Å². The molecule has 0 aliphatic carbocycles. The fourth-order valence-corrected chi connectivity index (χ4v) is 1.88. The molecular weight excluding hydrogens is 342 g/mol. The summed E-state index contributed by atoms with van der Waals surface area (Å²) in [5.41, 5.74) is 7.26. The molecule has 0 fully saturated rings. The Morgan fingerprint density at radius 3 is 2.83 bits per heavy atom. The first-order chi connectivity index (χ1) is 11.4. The molecule has 0 amide bonds. The molecule has 0 spiro atoms. The molecule has 11 heteroatoms. The van der Waals surface area contributed by atoms with Crippen molar-refractivity contribution in [3.8, 4) is 11.3 Å². The van der Waals surface area contributed by atoms with Gasteiger partial charge >= 0.3 is 5.97 Å². The number of guanidine groups is 1. The van der Waals surface area contributed by atoms with E-state index in [-0.39, 0.29) is 16.3 Å². The lowest BCUT2D eigenvalue weighted by molar-refractivity contribution is -0.525. The minimum absolute atomic E-state index is 0.0518. The number of nitrogens with one attached hydrogen (secondary N) is 1. The highest BCUT2D eigenvalue weighted by Crippen LogP contribution is 2.26. The van der Waals surface area contributed by atoms with Gasteiger partial charge in [0.2, 0.25) is 0 Å². The van der Waals surface area contributed by atoms with Crippen LogP contribution in [0.4, 0.5) is 0 Å². The summed E-state index contributed by atoms with van der Waals surface area (Å²) in [5, 5.41) is 25.3. The van der Waals surface area contributed by atoms with Gasteiger partial charge < -0.3 is 15.3 Å². The topological polar surface area (TPSA) is 156 Å². The molecule has 124 valence electrons. The highest BCUT2D eigenvalue weighted by Gasteiger charge is 2.12. The van der Waals surface area contributed by atoms with Crippen molar-refractivity contribution in [3.63, 3.8) is 0 Å². The summed E-state index contributed by atoms with van der Waals surface area (Å²) in [6.45, 7) is 0. The summed E-state index contributed by atoms with van der Waals surface area (Å²) in [6.07, 6.45) is 1.19. The number of rotatable bonds is 5. The number of furan rings is 1. The molecule has 0 saturated heterocycles. The summed E-state index contributed by atoms with van der Waals surface area (Å²) in [4.78, 5) is 21.2. The Hall–Kier alpha value is -3.40. The van der Waals surface area contributed by atoms with Crippen molar-refractivity contribution in [1.29, 1.82) is 0 Å². The second-order valence-electron chi connectivity index (χ2n) is 4.30. The van der Waals surface area contributed by atoms with Crippen molar-refractivity contribution < 1.29 is 19.4 Å². The number of aromatic carboxylic acids is 1. The van der Waals surface area contributed by atoms with Crippen molar-refractivity contribution in [3.05, 3.63) is 56.8 Å². The number of nitrogens with two attached hydrogens (primary N) is 1. The highest BCUT2D eigenvalue weighted by atomic mass is 35.5. The number of carboxylic acid groups (broad SMARTS) is 1. The lowest BCUT2D eigenvalue weighted by Gasteiger charge is -2.01. The predicted molar refractivity (Wildman–Crippen MR) is 85.5 cm³/mol. The average molecular weight is 352 g/mol. The Balaban J connectivity index is 2.18. The fraction of sp³-hybridized carbons (Fsp3) is 0. The van der Waals surface area contributed by atoms with Crippen molar-refractivity contribution in [2.75, 3.05) is 0 Å². The van der Waals surface area contributed by atoms with Crippen LogP contribution in [0.5, 0.6) is 0 Å². The monoisotopic (exact) mass is 351 g/mol. The van der Waals surface area contributed by atoms with Gasteiger partial charge in [0.1, 0.15) is 11.5 Å². The molecule has 2 rings (SSSR count). The predicted octanol–water partition coefficient (Wildman–Crippen LogP) is 1.73. The van der Waals surface area contributed by atoms with Gasteiger partial charge in [-0.2, -0.15) is 5.10 Å². The van der Waals surface area contributed by atoms with Crippen molar-refractivity contribution >= 4 is 29.7 Å². The molecule has 4 N–H and O–H groups in total. The van der Waals surface area contributed by atoms with Crippen molar-refractivity contribution in [2.24, 2.45) is 15.9 Å². The van der Waals surface area contributed by atoms with Gasteiger partial charge in [0.05, 0.1) is 16.8 Å². The first-order valence-corrected chi connectivity index (χ1v) is 6.65. The number of carbonyl (C=O) groups is 1. The molecule has 10 nitrogen and oxygen atoms in total. The molecule has 24 heavy (non-hydrogen) atoms. The van der Waals surface area contributed by atoms with Crippen LogP contribution in [-0.2, 0) is 0 Å². The van der Waals surface area contributed by atoms with Gasteiger partial charge in [0.25, 0.3) is 5.96 Å². The van der Waals surface area contributed by atoms with Crippen molar-refractivity contribution in [1.82, 2.24) is 5.43 Å². The third kappa shape index (κ3) is 4.30. The molecule has 0 aliphatic rings. The number of hydrogen-bond acceptors (Lipinski definition) is 6. The summed E-state index contributed by atoms with van der Waals surface area (Å²) in [5.74, 6) is -0.976. The standard InChI is InChI=1S/C13H10ClN5O5/c14-10-3-1-7(5-9(10)12(20)21)11-4-2-8(24-11)6-16-17-13(15)18-19(22)23/h1-6H,(H,20,21)(H3,15,17,18)/b16-6-. The van der Waals surface area contributed by atoms with E-state index in [9.17, 15) is 14.9 Å². The van der Waals surface area contributed by atoms with Gasteiger partial charge in [-0.1, -0.05) is 17.0 Å². The number of benzene rings is 1.